The first kappa shape index (κ1) is 13.4. The maximum atomic E-state index is 12.0. The van der Waals surface area contributed by atoms with Crippen molar-refractivity contribution >= 4 is 11.6 Å². The van der Waals surface area contributed by atoms with Gasteiger partial charge in [0, 0.05) is 19.9 Å². The van der Waals surface area contributed by atoms with E-state index in [4.69, 9.17) is 10.5 Å². The molecule has 0 aliphatic carbocycles. The lowest BCUT2D eigenvalue weighted by Crippen LogP contribution is -2.29. The van der Waals surface area contributed by atoms with Crippen molar-refractivity contribution in [2.75, 3.05) is 18.0 Å². The van der Waals surface area contributed by atoms with E-state index in [2.05, 4.69) is 19.1 Å². The van der Waals surface area contributed by atoms with Gasteiger partial charge in [-0.2, -0.15) is 0 Å². The first-order chi connectivity index (χ1) is 9.61. The third-order valence-corrected chi connectivity index (χ3v) is 4.38. The Kier molecular flexibility index (Phi) is 3.42. The minimum Gasteiger partial charge on any atom is -0.488 e. The zero-order valence-electron chi connectivity index (χ0n) is 12.2. The predicted molar refractivity (Wildman–Crippen MR) is 79.3 cm³/mol. The second-order valence-corrected chi connectivity index (χ2v) is 5.87. The molecule has 2 atom stereocenters. The van der Waals surface area contributed by atoms with Crippen LogP contribution in [0.25, 0.3) is 0 Å². The van der Waals surface area contributed by atoms with Crippen LogP contribution in [-0.2, 0) is 11.2 Å². The van der Waals surface area contributed by atoms with E-state index in [1.165, 1.54) is 11.1 Å². The quantitative estimate of drug-likeness (QED) is 0.854. The van der Waals surface area contributed by atoms with E-state index in [0.29, 0.717) is 12.5 Å². The van der Waals surface area contributed by atoms with Gasteiger partial charge in [0.05, 0.1) is 5.69 Å². The Balaban J connectivity index is 2.17. The summed E-state index contributed by atoms with van der Waals surface area (Å²) in [6.07, 6.45) is 3.12. The number of ether oxygens (including phenoxy) is 1. The molecule has 0 radical (unpaired) electrons. The summed E-state index contributed by atoms with van der Waals surface area (Å²) in [4.78, 5) is 13.9. The van der Waals surface area contributed by atoms with Crippen LogP contribution < -0.4 is 15.4 Å². The summed E-state index contributed by atoms with van der Waals surface area (Å²) in [5.41, 5.74) is 9.30. The van der Waals surface area contributed by atoms with E-state index in [9.17, 15) is 4.79 Å². The van der Waals surface area contributed by atoms with Gasteiger partial charge in [0.25, 0.3) is 0 Å². The summed E-state index contributed by atoms with van der Waals surface area (Å²) in [5, 5.41) is 0. The molecule has 0 bridgehead atoms. The van der Waals surface area contributed by atoms with Crippen LogP contribution in [0.4, 0.5) is 5.69 Å². The summed E-state index contributed by atoms with van der Waals surface area (Å²) in [6.45, 7) is 5.08. The summed E-state index contributed by atoms with van der Waals surface area (Å²) < 4.78 is 6.00. The van der Waals surface area contributed by atoms with E-state index in [1.54, 1.807) is 6.92 Å². The number of carbonyl (C=O) groups excluding carboxylic acids is 1. The van der Waals surface area contributed by atoms with Crippen molar-refractivity contribution in [2.24, 2.45) is 5.73 Å². The number of rotatable bonds is 1. The van der Waals surface area contributed by atoms with Crippen molar-refractivity contribution in [3.05, 3.63) is 23.3 Å². The standard InChI is InChI=1S/C16H22N2O2/c1-10-8-12-5-6-14-13(9-17)4-3-7-18(11(2)19)15(14)16(12)20-10/h5-6,10,13H,3-4,7-9,17H2,1-2H3. The van der Waals surface area contributed by atoms with Gasteiger partial charge in [-0.3, -0.25) is 4.79 Å². The molecule has 4 nitrogen and oxygen atoms in total. The highest BCUT2D eigenvalue weighted by molar-refractivity contribution is 5.95. The Bertz CT molecular complexity index is 542. The highest BCUT2D eigenvalue weighted by atomic mass is 16.5. The number of nitrogens with zero attached hydrogens (tertiary/aromatic N) is 1. The SMILES string of the molecule is CC(=O)N1CCCC(CN)c2ccc3c(c21)OC(C)C3. The highest BCUT2D eigenvalue weighted by Gasteiger charge is 2.32. The third kappa shape index (κ3) is 2.08. The second-order valence-electron chi connectivity index (χ2n) is 5.87. The van der Waals surface area contributed by atoms with Gasteiger partial charge in [0.2, 0.25) is 5.91 Å². The largest absolute Gasteiger partial charge is 0.488 e. The average molecular weight is 274 g/mol. The van der Waals surface area contributed by atoms with Gasteiger partial charge < -0.3 is 15.4 Å². The van der Waals surface area contributed by atoms with Crippen molar-refractivity contribution in [3.63, 3.8) is 0 Å². The molecule has 0 fully saturated rings. The van der Waals surface area contributed by atoms with Gasteiger partial charge in [-0.05, 0) is 43.4 Å². The molecule has 2 aliphatic heterocycles. The molecule has 2 unspecified atom stereocenters. The number of carbonyl (C=O) groups is 1. The topological polar surface area (TPSA) is 55.6 Å². The summed E-state index contributed by atoms with van der Waals surface area (Å²) in [7, 11) is 0. The molecule has 2 heterocycles. The van der Waals surface area contributed by atoms with E-state index in [-0.39, 0.29) is 12.0 Å². The van der Waals surface area contributed by atoms with Gasteiger partial charge in [-0.1, -0.05) is 12.1 Å². The van der Waals surface area contributed by atoms with Crippen LogP contribution in [0.5, 0.6) is 5.75 Å². The van der Waals surface area contributed by atoms with Crippen LogP contribution in [0.1, 0.15) is 43.7 Å². The maximum Gasteiger partial charge on any atom is 0.223 e. The Hall–Kier alpha value is -1.55. The number of fused-ring (bicyclic) bond motifs is 3. The van der Waals surface area contributed by atoms with E-state index in [0.717, 1.165) is 37.2 Å². The van der Waals surface area contributed by atoms with Crippen molar-refractivity contribution in [2.45, 2.75) is 45.1 Å². The van der Waals surface area contributed by atoms with Crippen molar-refractivity contribution in [3.8, 4) is 5.75 Å². The van der Waals surface area contributed by atoms with Gasteiger partial charge in [-0.15, -0.1) is 0 Å². The fourth-order valence-electron chi connectivity index (χ4n) is 3.40. The van der Waals surface area contributed by atoms with E-state index in [1.807, 2.05) is 4.90 Å². The molecular formula is C16H22N2O2. The maximum absolute atomic E-state index is 12.0. The number of benzene rings is 1. The molecule has 20 heavy (non-hydrogen) atoms. The van der Waals surface area contributed by atoms with Gasteiger partial charge in [0.1, 0.15) is 11.9 Å². The Morgan fingerprint density at radius 2 is 2.30 bits per heavy atom. The zero-order valence-corrected chi connectivity index (χ0v) is 12.2. The highest BCUT2D eigenvalue weighted by Crippen LogP contribution is 2.45. The molecule has 2 aliphatic rings. The second kappa shape index (κ2) is 5.09. The Labute approximate surface area is 119 Å². The molecule has 4 heteroatoms. The minimum absolute atomic E-state index is 0.0838. The first-order valence-corrected chi connectivity index (χ1v) is 7.42. The minimum atomic E-state index is 0.0838. The number of hydrogen-bond acceptors (Lipinski definition) is 3. The van der Waals surface area contributed by atoms with Crippen LogP contribution >= 0.6 is 0 Å². The van der Waals surface area contributed by atoms with Crippen LogP contribution in [0.15, 0.2) is 12.1 Å². The van der Waals surface area contributed by atoms with Crippen LogP contribution in [0.3, 0.4) is 0 Å². The Morgan fingerprint density at radius 1 is 1.50 bits per heavy atom. The monoisotopic (exact) mass is 274 g/mol. The molecule has 1 aromatic carbocycles. The average Bonchev–Trinajstić information content (AvgIpc) is 2.68. The fourth-order valence-corrected chi connectivity index (χ4v) is 3.40. The lowest BCUT2D eigenvalue weighted by Gasteiger charge is -2.25. The molecule has 0 aromatic heterocycles. The third-order valence-electron chi connectivity index (χ3n) is 4.38. The van der Waals surface area contributed by atoms with Crippen LogP contribution in [0, 0.1) is 0 Å². The van der Waals surface area contributed by atoms with E-state index >= 15 is 0 Å². The van der Waals surface area contributed by atoms with Crippen LogP contribution in [0.2, 0.25) is 0 Å². The molecule has 3 rings (SSSR count). The number of hydrogen-bond donors (Lipinski definition) is 1. The fraction of sp³-hybridized carbons (Fsp3) is 0.562. The lowest BCUT2D eigenvalue weighted by atomic mass is 9.92. The van der Waals surface area contributed by atoms with Gasteiger partial charge in [0.15, 0.2) is 0 Å². The molecule has 0 saturated heterocycles. The lowest BCUT2D eigenvalue weighted by molar-refractivity contribution is -0.116. The molecular weight excluding hydrogens is 252 g/mol. The van der Waals surface area contributed by atoms with Crippen molar-refractivity contribution in [1.82, 2.24) is 0 Å². The molecule has 0 spiro atoms. The van der Waals surface area contributed by atoms with E-state index < -0.39 is 0 Å². The summed E-state index contributed by atoms with van der Waals surface area (Å²) in [6, 6.07) is 4.29. The summed E-state index contributed by atoms with van der Waals surface area (Å²) >= 11 is 0. The normalized spacial score (nSPS) is 24.6. The van der Waals surface area contributed by atoms with Crippen molar-refractivity contribution < 1.29 is 9.53 Å². The number of anilines is 1. The Morgan fingerprint density at radius 3 is 3.00 bits per heavy atom. The molecule has 2 N–H and O–H groups in total. The predicted octanol–water partition coefficient (Wildman–Crippen LogP) is 2.20. The number of nitrogens with two attached hydrogens (primary N) is 1. The number of amides is 1. The molecule has 1 amide bonds. The van der Waals surface area contributed by atoms with Gasteiger partial charge in [-0.25, -0.2) is 0 Å². The molecule has 1 aromatic rings. The zero-order chi connectivity index (χ0) is 14.3. The van der Waals surface area contributed by atoms with Gasteiger partial charge >= 0.3 is 0 Å². The summed E-state index contributed by atoms with van der Waals surface area (Å²) in [5.74, 6) is 1.31. The van der Waals surface area contributed by atoms with Crippen LogP contribution in [-0.4, -0.2) is 25.1 Å². The smallest absolute Gasteiger partial charge is 0.223 e. The first-order valence-electron chi connectivity index (χ1n) is 7.42. The molecule has 108 valence electrons. The molecule has 0 saturated carbocycles. The van der Waals surface area contributed by atoms with Crippen molar-refractivity contribution in [1.29, 1.82) is 0 Å².